The lowest BCUT2D eigenvalue weighted by Crippen LogP contribution is -2.18. The Hall–Kier alpha value is -2.12. The third kappa shape index (κ3) is 4.64. The number of aromatic nitrogens is 1. The molecule has 6 nitrogen and oxygen atoms in total. The Morgan fingerprint density at radius 2 is 1.96 bits per heavy atom. The van der Waals surface area contributed by atoms with Crippen LogP contribution in [0.15, 0.2) is 41.4 Å². The molecule has 0 bridgehead atoms. The van der Waals surface area contributed by atoms with Crippen molar-refractivity contribution in [1.29, 1.82) is 0 Å². The maximum absolute atomic E-state index is 12.8. The lowest BCUT2D eigenvalue weighted by atomic mass is 10.2. The van der Waals surface area contributed by atoms with Gasteiger partial charge < -0.3 is 10.1 Å². The first-order valence-electron chi connectivity index (χ1n) is 9.25. The van der Waals surface area contributed by atoms with Gasteiger partial charge >= 0.3 is 0 Å². The van der Waals surface area contributed by atoms with Crippen LogP contribution in [0.25, 0.3) is 0 Å². The van der Waals surface area contributed by atoms with Crippen LogP contribution in [-0.2, 0) is 9.84 Å². The summed E-state index contributed by atoms with van der Waals surface area (Å²) in [5, 5.41) is 2.60. The average Bonchev–Trinajstić information content (AvgIpc) is 3.19. The molecule has 0 unspecified atom stereocenters. The fourth-order valence-corrected chi connectivity index (χ4v) is 5.31. The second-order valence-electron chi connectivity index (χ2n) is 7.11. The summed E-state index contributed by atoms with van der Waals surface area (Å²) in [4.78, 5) is 16.8. The number of halogens is 1. The molecule has 150 valence electrons. The van der Waals surface area contributed by atoms with Crippen LogP contribution in [0.3, 0.4) is 0 Å². The third-order valence-electron chi connectivity index (χ3n) is 4.58. The minimum absolute atomic E-state index is 0.0887. The molecule has 1 fully saturated rings. The molecule has 3 rings (SSSR count). The normalized spacial score (nSPS) is 15.0. The maximum Gasteiger partial charge on any atom is 0.257 e. The standard InChI is InChI=1S/C20H23ClN2O4S/c1-13(2)27-20-18(21)10-14(12-22-20)19(24)23-15-6-5-9-17(11-15)28(25,26)16-7-3-4-8-16/h5-6,9-13,16H,3-4,7-8H2,1-2H3,(H,23,24). The number of nitrogens with zero attached hydrogens (tertiary/aromatic N) is 1. The zero-order valence-electron chi connectivity index (χ0n) is 15.8. The first-order chi connectivity index (χ1) is 13.3. The van der Waals surface area contributed by atoms with Gasteiger partial charge in [0.1, 0.15) is 5.02 Å². The molecule has 1 amide bonds. The Labute approximate surface area is 170 Å². The van der Waals surface area contributed by atoms with Gasteiger partial charge in [0.2, 0.25) is 5.88 Å². The molecule has 8 heteroatoms. The van der Waals surface area contributed by atoms with E-state index in [0.717, 1.165) is 12.8 Å². The van der Waals surface area contributed by atoms with E-state index in [1.165, 1.54) is 18.3 Å². The fourth-order valence-electron chi connectivity index (χ4n) is 3.20. The minimum Gasteiger partial charge on any atom is -0.474 e. The summed E-state index contributed by atoms with van der Waals surface area (Å²) in [6.45, 7) is 3.70. The molecule has 1 aliphatic rings. The molecule has 1 aliphatic carbocycles. The van der Waals surface area contributed by atoms with Gasteiger partial charge in [0.25, 0.3) is 5.91 Å². The zero-order valence-corrected chi connectivity index (χ0v) is 17.4. The van der Waals surface area contributed by atoms with Gasteiger partial charge in [-0.2, -0.15) is 0 Å². The molecular weight excluding hydrogens is 400 g/mol. The van der Waals surface area contributed by atoms with E-state index in [2.05, 4.69) is 10.3 Å². The van der Waals surface area contributed by atoms with Crippen LogP contribution < -0.4 is 10.1 Å². The summed E-state index contributed by atoms with van der Waals surface area (Å²) in [7, 11) is -3.39. The van der Waals surface area contributed by atoms with Crippen LogP contribution in [0.2, 0.25) is 5.02 Å². The number of rotatable bonds is 6. The molecule has 2 aromatic rings. The summed E-state index contributed by atoms with van der Waals surface area (Å²) in [5.74, 6) is -0.168. The Bertz CT molecular complexity index is 970. The van der Waals surface area contributed by atoms with Gasteiger partial charge in [0.15, 0.2) is 9.84 Å². The summed E-state index contributed by atoms with van der Waals surface area (Å²) in [6.07, 6.45) is 4.53. The van der Waals surface area contributed by atoms with Gasteiger partial charge in [0, 0.05) is 11.9 Å². The van der Waals surface area contributed by atoms with Crippen LogP contribution in [0.1, 0.15) is 49.9 Å². The van der Waals surface area contributed by atoms with Crippen molar-refractivity contribution in [3.63, 3.8) is 0 Å². The van der Waals surface area contributed by atoms with Crippen LogP contribution in [0.5, 0.6) is 5.88 Å². The van der Waals surface area contributed by atoms with Gasteiger partial charge in [0.05, 0.1) is 21.8 Å². The molecule has 0 spiro atoms. The van der Waals surface area contributed by atoms with E-state index in [4.69, 9.17) is 16.3 Å². The first kappa shape index (κ1) is 20.6. The van der Waals surface area contributed by atoms with Gasteiger partial charge in [-0.15, -0.1) is 0 Å². The number of ether oxygens (including phenoxy) is 1. The highest BCUT2D eigenvalue weighted by atomic mass is 35.5. The molecule has 0 radical (unpaired) electrons. The molecule has 1 heterocycles. The second kappa shape index (κ2) is 8.49. The van der Waals surface area contributed by atoms with E-state index < -0.39 is 15.7 Å². The lowest BCUT2D eigenvalue weighted by Gasteiger charge is -2.13. The molecule has 1 saturated carbocycles. The molecular formula is C20H23ClN2O4S. The predicted octanol–water partition coefficient (Wildman–Crippen LogP) is 4.49. The van der Waals surface area contributed by atoms with E-state index in [1.54, 1.807) is 18.2 Å². The van der Waals surface area contributed by atoms with Crippen molar-refractivity contribution in [1.82, 2.24) is 4.98 Å². The number of carbonyl (C=O) groups excluding carboxylic acids is 1. The van der Waals surface area contributed by atoms with Crippen LogP contribution in [-0.4, -0.2) is 30.7 Å². The van der Waals surface area contributed by atoms with Crippen molar-refractivity contribution in [3.8, 4) is 5.88 Å². The molecule has 1 N–H and O–H groups in total. The smallest absolute Gasteiger partial charge is 0.257 e. The largest absolute Gasteiger partial charge is 0.474 e. The lowest BCUT2D eigenvalue weighted by molar-refractivity contribution is 0.102. The van der Waals surface area contributed by atoms with Gasteiger partial charge in [-0.3, -0.25) is 4.79 Å². The Balaban J connectivity index is 1.77. The number of nitrogens with one attached hydrogen (secondary N) is 1. The van der Waals surface area contributed by atoms with E-state index in [1.807, 2.05) is 13.8 Å². The number of anilines is 1. The number of carbonyl (C=O) groups is 1. The highest BCUT2D eigenvalue weighted by Crippen LogP contribution is 2.30. The van der Waals surface area contributed by atoms with Crippen molar-refractivity contribution in [3.05, 3.63) is 47.1 Å². The highest BCUT2D eigenvalue weighted by molar-refractivity contribution is 7.92. The Kier molecular flexibility index (Phi) is 6.25. The number of hydrogen-bond acceptors (Lipinski definition) is 5. The second-order valence-corrected chi connectivity index (χ2v) is 9.75. The monoisotopic (exact) mass is 422 g/mol. The molecule has 28 heavy (non-hydrogen) atoms. The van der Waals surface area contributed by atoms with Crippen molar-refractivity contribution >= 4 is 33.0 Å². The number of pyridine rings is 1. The van der Waals surface area contributed by atoms with E-state index in [9.17, 15) is 13.2 Å². The van der Waals surface area contributed by atoms with E-state index >= 15 is 0 Å². The van der Waals surface area contributed by atoms with Gasteiger partial charge in [-0.1, -0.05) is 30.5 Å². The number of benzene rings is 1. The van der Waals surface area contributed by atoms with Crippen molar-refractivity contribution in [2.75, 3.05) is 5.32 Å². The average molecular weight is 423 g/mol. The first-order valence-corrected chi connectivity index (χ1v) is 11.2. The summed E-state index contributed by atoms with van der Waals surface area (Å²) in [6, 6.07) is 7.82. The zero-order chi connectivity index (χ0) is 20.3. The number of sulfone groups is 1. The van der Waals surface area contributed by atoms with Gasteiger partial charge in [-0.05, 0) is 51.0 Å². The SMILES string of the molecule is CC(C)Oc1ncc(C(=O)Nc2cccc(S(=O)(=O)C3CCCC3)c2)cc1Cl. The van der Waals surface area contributed by atoms with E-state index in [-0.39, 0.29) is 32.7 Å². The predicted molar refractivity (Wildman–Crippen MR) is 109 cm³/mol. The highest BCUT2D eigenvalue weighted by Gasteiger charge is 2.30. The third-order valence-corrected chi connectivity index (χ3v) is 7.11. The van der Waals surface area contributed by atoms with Crippen LogP contribution in [0.4, 0.5) is 5.69 Å². The van der Waals surface area contributed by atoms with Crippen molar-refractivity contribution < 1.29 is 17.9 Å². The number of amides is 1. The molecule has 0 saturated heterocycles. The maximum atomic E-state index is 12.8. The molecule has 1 aromatic carbocycles. The van der Waals surface area contributed by atoms with Crippen molar-refractivity contribution in [2.24, 2.45) is 0 Å². The topological polar surface area (TPSA) is 85.4 Å². The summed E-state index contributed by atoms with van der Waals surface area (Å²) < 4.78 is 31.0. The molecule has 0 aliphatic heterocycles. The molecule has 1 aromatic heterocycles. The van der Waals surface area contributed by atoms with Crippen LogP contribution >= 0.6 is 11.6 Å². The fraction of sp³-hybridized carbons (Fsp3) is 0.400. The summed E-state index contributed by atoms with van der Waals surface area (Å²) >= 11 is 6.13. The van der Waals surface area contributed by atoms with Crippen molar-refractivity contribution in [2.45, 2.75) is 55.8 Å². The van der Waals surface area contributed by atoms with E-state index in [0.29, 0.717) is 18.5 Å². The van der Waals surface area contributed by atoms with Crippen LogP contribution in [0, 0.1) is 0 Å². The minimum atomic E-state index is -3.39. The molecule has 0 atom stereocenters. The number of hydrogen-bond donors (Lipinski definition) is 1. The van der Waals surface area contributed by atoms with Gasteiger partial charge in [-0.25, -0.2) is 13.4 Å². The summed E-state index contributed by atoms with van der Waals surface area (Å²) in [5.41, 5.74) is 0.660. The Morgan fingerprint density at radius 1 is 1.25 bits per heavy atom. The quantitative estimate of drug-likeness (QED) is 0.741. The Morgan fingerprint density at radius 3 is 2.61 bits per heavy atom.